The van der Waals surface area contributed by atoms with Gasteiger partial charge < -0.3 is 15.0 Å². The molecule has 2 aromatic carbocycles. The number of fused-ring (bicyclic) bond motifs is 1. The lowest BCUT2D eigenvalue weighted by atomic mass is 10.1. The molecule has 4 rings (SSSR count). The van der Waals surface area contributed by atoms with Gasteiger partial charge in [-0.1, -0.05) is 36.4 Å². The minimum absolute atomic E-state index is 0.126. The topological polar surface area (TPSA) is 42.8 Å². The number of amides is 1. The van der Waals surface area contributed by atoms with Crippen LogP contribution in [0, 0.1) is 5.82 Å². The van der Waals surface area contributed by atoms with Crippen molar-refractivity contribution in [1.82, 2.24) is 5.32 Å². The van der Waals surface area contributed by atoms with Gasteiger partial charge in [0.2, 0.25) is 0 Å². The Morgan fingerprint density at radius 1 is 1.25 bits per heavy atom. The number of quaternary nitrogens is 1. The fraction of sp³-hybridized carbons (Fsp3) is 0.318. The van der Waals surface area contributed by atoms with Crippen molar-refractivity contribution in [3.8, 4) is 0 Å². The van der Waals surface area contributed by atoms with E-state index in [0.29, 0.717) is 15.8 Å². The molecule has 1 unspecified atom stereocenters. The van der Waals surface area contributed by atoms with Crippen molar-refractivity contribution < 1.29 is 18.8 Å². The number of hydrogen-bond donors (Lipinski definition) is 2. The first kappa shape index (κ1) is 19.1. The smallest absolute Gasteiger partial charge is 0.262 e. The van der Waals surface area contributed by atoms with Crippen LogP contribution in [0.2, 0.25) is 0 Å². The Balaban J connectivity index is 1.47. The maximum Gasteiger partial charge on any atom is 0.262 e. The van der Waals surface area contributed by atoms with Gasteiger partial charge in [0, 0.05) is 34.7 Å². The van der Waals surface area contributed by atoms with Crippen LogP contribution < -0.4 is 10.2 Å². The lowest BCUT2D eigenvalue weighted by Crippen LogP contribution is -3.09. The number of carbonyl (C=O) groups excluding carboxylic acids is 1. The third-order valence-electron chi connectivity index (χ3n) is 5.27. The highest BCUT2D eigenvalue weighted by atomic mass is 32.1. The van der Waals surface area contributed by atoms with Gasteiger partial charge in [0.25, 0.3) is 5.91 Å². The first-order valence-corrected chi connectivity index (χ1v) is 10.3. The zero-order valence-electron chi connectivity index (χ0n) is 15.8. The zero-order chi connectivity index (χ0) is 19.5. The molecule has 146 valence electrons. The zero-order valence-corrected chi connectivity index (χ0v) is 16.7. The minimum Gasteiger partial charge on any atom is -0.380 e. The predicted octanol–water partition coefficient (Wildman–Crippen LogP) is 2.77. The van der Waals surface area contributed by atoms with Gasteiger partial charge in [-0.25, -0.2) is 4.39 Å². The van der Waals surface area contributed by atoms with Crippen molar-refractivity contribution in [3.05, 3.63) is 70.4 Å². The summed E-state index contributed by atoms with van der Waals surface area (Å²) in [7, 11) is 1.56. The predicted molar refractivity (Wildman–Crippen MR) is 109 cm³/mol. The van der Waals surface area contributed by atoms with Crippen LogP contribution in [0.4, 0.5) is 4.39 Å². The quantitative estimate of drug-likeness (QED) is 0.669. The first-order chi connectivity index (χ1) is 13.7. The Bertz CT molecular complexity index is 973. The Labute approximate surface area is 167 Å². The fourth-order valence-corrected chi connectivity index (χ4v) is 5.11. The molecule has 3 aromatic rings. The van der Waals surface area contributed by atoms with Crippen LogP contribution >= 0.6 is 11.3 Å². The Morgan fingerprint density at radius 3 is 2.86 bits per heavy atom. The molecular weight excluding hydrogens is 375 g/mol. The number of ether oxygens (including phenoxy) is 1. The molecule has 6 heteroatoms. The number of methoxy groups -OCH3 is 1. The van der Waals surface area contributed by atoms with Gasteiger partial charge in [-0.15, -0.1) is 11.3 Å². The summed E-state index contributed by atoms with van der Waals surface area (Å²) in [6.07, 6.45) is 0.951. The number of likely N-dealkylation sites (tertiary alicyclic amines) is 1. The van der Waals surface area contributed by atoms with Gasteiger partial charge in [-0.05, 0) is 12.1 Å². The van der Waals surface area contributed by atoms with E-state index in [-0.39, 0.29) is 24.4 Å². The van der Waals surface area contributed by atoms with Crippen molar-refractivity contribution in [2.24, 2.45) is 0 Å². The van der Waals surface area contributed by atoms with E-state index in [1.54, 1.807) is 13.2 Å². The second-order valence-corrected chi connectivity index (χ2v) is 8.33. The van der Waals surface area contributed by atoms with Crippen molar-refractivity contribution in [3.63, 3.8) is 0 Å². The van der Waals surface area contributed by atoms with Crippen LogP contribution in [0.1, 0.15) is 27.2 Å². The van der Waals surface area contributed by atoms with Gasteiger partial charge in [-0.3, -0.25) is 4.79 Å². The van der Waals surface area contributed by atoms with E-state index in [1.807, 2.05) is 12.1 Å². The summed E-state index contributed by atoms with van der Waals surface area (Å²) in [6, 6.07) is 15.5. The van der Waals surface area contributed by atoms with E-state index < -0.39 is 0 Å². The summed E-state index contributed by atoms with van der Waals surface area (Å²) in [5.74, 6) is -0.433. The molecule has 28 heavy (non-hydrogen) atoms. The molecule has 0 bridgehead atoms. The molecule has 1 saturated heterocycles. The standard InChI is InChI=1S/C22H23FN2O2S/c1-27-14-17-20-18(23)8-5-9-19(20)28-21(17)22(26)24-16-10-11-25(13-16)12-15-6-3-2-4-7-15/h2-9,16H,10-14H2,1H3,(H,24,26)/p+1/t16-/m1/s1. The third-order valence-corrected chi connectivity index (χ3v) is 6.47. The number of rotatable bonds is 6. The van der Waals surface area contributed by atoms with E-state index in [2.05, 4.69) is 29.6 Å². The number of benzene rings is 2. The van der Waals surface area contributed by atoms with Gasteiger partial charge in [0.15, 0.2) is 0 Å². The molecule has 2 atom stereocenters. The first-order valence-electron chi connectivity index (χ1n) is 9.53. The third kappa shape index (κ3) is 3.94. The second-order valence-electron chi connectivity index (χ2n) is 7.28. The lowest BCUT2D eigenvalue weighted by molar-refractivity contribution is -0.901. The Kier molecular flexibility index (Phi) is 5.71. The second kappa shape index (κ2) is 8.39. The molecule has 1 aromatic heterocycles. The lowest BCUT2D eigenvalue weighted by Gasteiger charge is -2.14. The van der Waals surface area contributed by atoms with Crippen LogP contribution in [0.3, 0.4) is 0 Å². The summed E-state index contributed by atoms with van der Waals surface area (Å²) >= 11 is 1.33. The normalized spacial score (nSPS) is 19.2. The molecular formula is C22H24FN2O2S+. The van der Waals surface area contributed by atoms with Crippen LogP contribution in [0.15, 0.2) is 48.5 Å². The fourth-order valence-electron chi connectivity index (χ4n) is 3.98. The van der Waals surface area contributed by atoms with Crippen molar-refractivity contribution >= 4 is 27.3 Å². The molecule has 1 aliphatic rings. The summed E-state index contributed by atoms with van der Waals surface area (Å²) in [5, 5.41) is 3.66. The van der Waals surface area contributed by atoms with Gasteiger partial charge in [0.05, 0.1) is 30.6 Å². The molecule has 0 aliphatic carbocycles. The number of nitrogens with one attached hydrogen (secondary N) is 2. The SMILES string of the molecule is COCc1c(C(=O)N[C@@H]2CC[NH+](Cc3ccccc3)C2)sc2cccc(F)c12. The van der Waals surface area contributed by atoms with Crippen molar-refractivity contribution in [2.75, 3.05) is 20.2 Å². The van der Waals surface area contributed by atoms with E-state index in [1.165, 1.54) is 27.9 Å². The number of thiophene rings is 1. The maximum atomic E-state index is 14.3. The number of carbonyl (C=O) groups is 1. The summed E-state index contributed by atoms with van der Waals surface area (Å²) in [4.78, 5) is 15.0. The van der Waals surface area contributed by atoms with Gasteiger partial charge in [-0.2, -0.15) is 0 Å². The van der Waals surface area contributed by atoms with Crippen molar-refractivity contribution in [1.29, 1.82) is 0 Å². The summed E-state index contributed by atoms with van der Waals surface area (Å²) in [6.45, 7) is 3.13. The van der Waals surface area contributed by atoms with E-state index >= 15 is 0 Å². The van der Waals surface area contributed by atoms with E-state index in [4.69, 9.17) is 4.74 Å². The molecule has 4 nitrogen and oxygen atoms in total. The molecule has 1 fully saturated rings. The average molecular weight is 400 g/mol. The number of halogens is 1. The highest BCUT2D eigenvalue weighted by Gasteiger charge is 2.29. The van der Waals surface area contributed by atoms with Crippen LogP contribution in [0.5, 0.6) is 0 Å². The minimum atomic E-state index is -0.306. The summed E-state index contributed by atoms with van der Waals surface area (Å²) < 4.78 is 20.4. The maximum absolute atomic E-state index is 14.3. The number of hydrogen-bond acceptors (Lipinski definition) is 3. The molecule has 0 radical (unpaired) electrons. The summed E-state index contributed by atoms with van der Waals surface area (Å²) in [5.41, 5.74) is 1.96. The molecule has 1 amide bonds. The van der Waals surface area contributed by atoms with Crippen LogP contribution in [0.25, 0.3) is 10.1 Å². The molecule has 2 heterocycles. The Morgan fingerprint density at radius 2 is 2.07 bits per heavy atom. The Hall–Kier alpha value is -2.28. The monoisotopic (exact) mass is 399 g/mol. The average Bonchev–Trinajstić information content (AvgIpc) is 3.28. The van der Waals surface area contributed by atoms with Crippen molar-refractivity contribution in [2.45, 2.75) is 25.6 Å². The van der Waals surface area contributed by atoms with Gasteiger partial charge in [0.1, 0.15) is 12.4 Å². The van der Waals surface area contributed by atoms with E-state index in [9.17, 15) is 9.18 Å². The van der Waals surface area contributed by atoms with Crippen LogP contribution in [-0.4, -0.2) is 32.1 Å². The highest BCUT2D eigenvalue weighted by Crippen LogP contribution is 2.33. The van der Waals surface area contributed by atoms with Crippen LogP contribution in [-0.2, 0) is 17.9 Å². The molecule has 0 saturated carbocycles. The largest absolute Gasteiger partial charge is 0.380 e. The highest BCUT2D eigenvalue weighted by molar-refractivity contribution is 7.21. The molecule has 1 aliphatic heterocycles. The van der Waals surface area contributed by atoms with Gasteiger partial charge >= 0.3 is 0 Å². The van der Waals surface area contributed by atoms with E-state index in [0.717, 1.165) is 30.8 Å². The molecule has 0 spiro atoms. The molecule has 2 N–H and O–H groups in total.